The molecule has 2 N–H and O–H groups in total. The van der Waals surface area contributed by atoms with Crippen molar-refractivity contribution in [1.82, 2.24) is 24.5 Å². The number of nitriles is 1. The Bertz CT molecular complexity index is 1410. The van der Waals surface area contributed by atoms with Crippen molar-refractivity contribution < 1.29 is 27.0 Å². The minimum atomic E-state index is -4.11. The Morgan fingerprint density at radius 1 is 1.37 bits per heavy atom. The summed E-state index contributed by atoms with van der Waals surface area (Å²) < 4.78 is 62.3. The first-order valence-corrected chi connectivity index (χ1v) is 13.0. The third-order valence-corrected chi connectivity index (χ3v) is 8.35. The molecule has 2 aromatic heterocycles. The van der Waals surface area contributed by atoms with Crippen LogP contribution < -0.4 is 9.62 Å². The Labute approximate surface area is 203 Å². The van der Waals surface area contributed by atoms with Crippen LogP contribution in [0, 0.1) is 11.3 Å². The zero-order valence-electron chi connectivity index (χ0n) is 18.4. The Hall–Kier alpha value is -2.77. The van der Waals surface area contributed by atoms with Crippen LogP contribution >= 0.6 is 11.3 Å². The minimum absolute atomic E-state index is 0.107. The van der Waals surface area contributed by atoms with Gasteiger partial charge in [-0.15, -0.1) is 10.2 Å². The van der Waals surface area contributed by atoms with E-state index in [1.54, 1.807) is 0 Å². The van der Waals surface area contributed by atoms with E-state index in [0.717, 1.165) is 0 Å². The number of imidazole rings is 1. The van der Waals surface area contributed by atoms with E-state index in [-0.39, 0.29) is 29.3 Å². The minimum Gasteiger partial charge on any atom is -0.394 e. The first kappa shape index (κ1) is 23.9. The summed E-state index contributed by atoms with van der Waals surface area (Å²) in [5, 5.41) is 26.0. The van der Waals surface area contributed by atoms with Gasteiger partial charge in [-0.2, -0.15) is 9.98 Å². The summed E-state index contributed by atoms with van der Waals surface area (Å²) in [5.41, 5.74) is 0.0802. The predicted octanol–water partition coefficient (Wildman–Crippen LogP) is 1.74. The van der Waals surface area contributed by atoms with Crippen molar-refractivity contribution in [1.29, 1.82) is 5.26 Å². The molecular weight excluding hydrogens is 504 g/mol. The zero-order chi connectivity index (χ0) is 25.0. The van der Waals surface area contributed by atoms with Gasteiger partial charge in [0.1, 0.15) is 17.4 Å². The van der Waals surface area contributed by atoms with Crippen molar-refractivity contribution in [3.63, 3.8) is 0 Å². The van der Waals surface area contributed by atoms with Gasteiger partial charge < -0.3 is 14.7 Å². The summed E-state index contributed by atoms with van der Waals surface area (Å²) in [6.07, 6.45) is -1.33. The summed E-state index contributed by atoms with van der Waals surface area (Å²) in [6, 6.07) is 4.85. The summed E-state index contributed by atoms with van der Waals surface area (Å²) in [7, 11) is -4.11. The van der Waals surface area contributed by atoms with Crippen molar-refractivity contribution in [2.75, 3.05) is 24.6 Å². The van der Waals surface area contributed by atoms with Gasteiger partial charge in [0, 0.05) is 13.1 Å². The second-order valence-electron chi connectivity index (χ2n) is 8.60. The summed E-state index contributed by atoms with van der Waals surface area (Å²) in [6.45, 7) is 2.32. The predicted molar refractivity (Wildman–Crippen MR) is 121 cm³/mol. The number of nitrogens with one attached hydrogen (secondary N) is 1. The fourth-order valence-electron chi connectivity index (χ4n) is 4.05. The number of ether oxygens (including phenoxy) is 1. The van der Waals surface area contributed by atoms with E-state index in [2.05, 4.69) is 19.9 Å². The van der Waals surface area contributed by atoms with E-state index in [1.165, 1.54) is 23.0 Å². The van der Waals surface area contributed by atoms with Gasteiger partial charge in [-0.1, -0.05) is 11.3 Å². The Kier molecular flexibility index (Phi) is 5.96. The van der Waals surface area contributed by atoms with Gasteiger partial charge >= 0.3 is 0 Å². The Balaban J connectivity index is 1.66. The summed E-state index contributed by atoms with van der Waals surface area (Å²) in [4.78, 5) is 6.19. The van der Waals surface area contributed by atoms with Crippen molar-refractivity contribution in [2.24, 2.45) is 0 Å². The second kappa shape index (κ2) is 8.71. The van der Waals surface area contributed by atoms with Gasteiger partial charge in [0.25, 0.3) is 6.43 Å². The lowest BCUT2D eigenvalue weighted by atomic mass is 10.1. The fourth-order valence-corrected chi connectivity index (χ4v) is 6.15. The molecule has 1 aliphatic carbocycles. The molecule has 3 aromatic rings. The number of aliphatic hydroxyl groups is 1. The molecule has 15 heteroatoms. The highest BCUT2D eigenvalue weighted by Crippen LogP contribution is 2.38. The summed E-state index contributed by atoms with van der Waals surface area (Å²) >= 11 is 0.672. The average Bonchev–Trinajstić information content (AvgIpc) is 3.21. The molecule has 1 aromatic carbocycles. The number of rotatable bonds is 7. The molecule has 0 amide bonds. The van der Waals surface area contributed by atoms with Crippen LogP contribution in [-0.2, 0) is 14.8 Å². The molecule has 11 nitrogen and oxygen atoms in total. The highest BCUT2D eigenvalue weighted by Gasteiger charge is 2.47. The number of hydrogen-bond acceptors (Lipinski definition) is 10. The normalized spacial score (nSPS) is 22.0. The lowest BCUT2D eigenvalue weighted by Crippen LogP contribution is -2.48. The smallest absolute Gasteiger partial charge is 0.291 e. The lowest BCUT2D eigenvalue weighted by Gasteiger charge is -2.37. The Morgan fingerprint density at radius 2 is 2.14 bits per heavy atom. The van der Waals surface area contributed by atoms with E-state index < -0.39 is 33.1 Å². The monoisotopic (exact) mass is 525 g/mol. The standard InChI is InChI=1S/C20H21F2N7O4S2/c1-11-6-28(7-12(8-30)33-11)14-4-13(35(31,32)27-20(9-23)2-3-20)5-15-16(14)24-10-29(15)19-26-25-18(34-19)17(21)22/h4-5,10-12,17,27,30H,2-3,6-8H2,1H3/t11-,12+/m1/s1. The number of nitrogens with zero attached hydrogens (tertiary/aromatic N) is 6. The topological polar surface area (TPSA) is 146 Å². The average molecular weight is 526 g/mol. The maximum Gasteiger partial charge on any atom is 0.291 e. The lowest BCUT2D eigenvalue weighted by molar-refractivity contribution is -0.0420. The number of fused-ring (bicyclic) bond motifs is 1. The first-order valence-electron chi connectivity index (χ1n) is 10.7. The van der Waals surface area contributed by atoms with Crippen LogP contribution in [0.4, 0.5) is 14.5 Å². The molecule has 0 bridgehead atoms. The molecule has 35 heavy (non-hydrogen) atoms. The number of alkyl halides is 2. The number of sulfonamides is 1. The van der Waals surface area contributed by atoms with Crippen molar-refractivity contribution in [3.05, 3.63) is 23.5 Å². The van der Waals surface area contributed by atoms with E-state index >= 15 is 0 Å². The van der Waals surface area contributed by atoms with Crippen LogP contribution in [0.5, 0.6) is 0 Å². The van der Waals surface area contributed by atoms with Gasteiger partial charge in [-0.25, -0.2) is 22.2 Å². The van der Waals surface area contributed by atoms with Gasteiger partial charge in [0.15, 0.2) is 5.01 Å². The molecule has 1 saturated heterocycles. The third kappa shape index (κ3) is 4.47. The fraction of sp³-hybridized carbons (Fsp3) is 0.500. The quantitative estimate of drug-likeness (QED) is 0.471. The van der Waals surface area contributed by atoms with Crippen molar-refractivity contribution in [2.45, 2.75) is 48.8 Å². The number of hydrogen-bond donors (Lipinski definition) is 2. The van der Waals surface area contributed by atoms with Gasteiger partial charge in [-0.3, -0.25) is 4.57 Å². The maximum atomic E-state index is 13.3. The van der Waals surface area contributed by atoms with Crippen LogP contribution in [0.25, 0.3) is 16.2 Å². The third-order valence-electron chi connectivity index (χ3n) is 5.90. The largest absolute Gasteiger partial charge is 0.394 e. The summed E-state index contributed by atoms with van der Waals surface area (Å²) in [5.74, 6) is 0. The molecule has 2 atom stereocenters. The molecule has 2 aliphatic rings. The molecule has 3 heterocycles. The number of benzene rings is 1. The first-order chi connectivity index (χ1) is 16.6. The molecular formula is C20H21F2N7O4S2. The van der Waals surface area contributed by atoms with Crippen LogP contribution in [0.1, 0.15) is 31.2 Å². The number of aliphatic hydroxyl groups excluding tert-OH is 1. The second-order valence-corrected chi connectivity index (χ2v) is 11.3. The zero-order valence-corrected chi connectivity index (χ0v) is 20.1. The van der Waals surface area contributed by atoms with Gasteiger partial charge in [0.05, 0.1) is 41.0 Å². The maximum absolute atomic E-state index is 13.3. The van der Waals surface area contributed by atoms with Crippen LogP contribution in [0.3, 0.4) is 0 Å². The van der Waals surface area contributed by atoms with E-state index in [1.807, 2.05) is 17.9 Å². The molecule has 0 radical (unpaired) electrons. The Morgan fingerprint density at radius 3 is 2.77 bits per heavy atom. The highest BCUT2D eigenvalue weighted by molar-refractivity contribution is 7.89. The van der Waals surface area contributed by atoms with Crippen molar-refractivity contribution in [3.8, 4) is 11.2 Å². The van der Waals surface area contributed by atoms with Gasteiger partial charge in [0.2, 0.25) is 15.2 Å². The van der Waals surface area contributed by atoms with Gasteiger partial charge in [-0.05, 0) is 31.9 Å². The molecule has 186 valence electrons. The molecule has 2 fully saturated rings. The number of aromatic nitrogens is 4. The molecule has 0 spiro atoms. The van der Waals surface area contributed by atoms with E-state index in [0.29, 0.717) is 47.4 Å². The molecule has 1 aliphatic heterocycles. The molecule has 0 unspecified atom stereocenters. The van der Waals surface area contributed by atoms with E-state index in [4.69, 9.17) is 4.74 Å². The highest BCUT2D eigenvalue weighted by atomic mass is 32.2. The SMILES string of the molecule is C[C@@H]1CN(c2cc(S(=O)(=O)NC3(C#N)CC3)cc3c2ncn3-c2nnc(C(F)F)s2)C[C@@H](CO)O1. The molecule has 5 rings (SSSR count). The van der Waals surface area contributed by atoms with E-state index in [9.17, 15) is 27.6 Å². The van der Waals surface area contributed by atoms with Crippen molar-refractivity contribution >= 4 is 38.1 Å². The van der Waals surface area contributed by atoms with Crippen LogP contribution in [0.15, 0.2) is 23.4 Å². The molecule has 1 saturated carbocycles. The van der Waals surface area contributed by atoms with Crippen LogP contribution in [0.2, 0.25) is 0 Å². The number of morpholine rings is 1. The van der Waals surface area contributed by atoms with Crippen LogP contribution in [-0.4, -0.2) is 70.7 Å². The number of anilines is 1. The number of halogens is 2.